The minimum Gasteiger partial charge on any atom is -0.494 e. The van der Waals surface area contributed by atoms with Crippen LogP contribution in [0.5, 0.6) is 5.75 Å². The van der Waals surface area contributed by atoms with Gasteiger partial charge >= 0.3 is 0 Å². The Hall–Kier alpha value is -2.83. The predicted molar refractivity (Wildman–Crippen MR) is 134 cm³/mol. The zero-order chi connectivity index (χ0) is 21.9. The molecule has 32 heavy (non-hydrogen) atoms. The second-order valence-electron chi connectivity index (χ2n) is 8.45. The average molecular weight is 448 g/mol. The Kier molecular flexibility index (Phi) is 6.14. The second kappa shape index (κ2) is 9.35. The molecular formula is C26H29N3O2S. The minimum absolute atomic E-state index is 0.00162. The third kappa shape index (κ3) is 4.38. The van der Waals surface area contributed by atoms with Crippen LogP contribution in [0.15, 0.2) is 64.8 Å². The highest BCUT2D eigenvalue weighted by molar-refractivity contribution is 7.17. The molecule has 1 fully saturated rings. The molecule has 0 atom stereocenters. The molecule has 4 aromatic rings. The number of ether oxygens (including phenoxy) is 1. The fraction of sp³-hybridized carbons (Fsp3) is 0.346. The average Bonchev–Trinajstić information content (AvgIpc) is 3.31. The van der Waals surface area contributed by atoms with Gasteiger partial charge in [0.05, 0.1) is 12.1 Å². The highest BCUT2D eigenvalue weighted by Gasteiger charge is 2.18. The maximum Gasteiger partial charge on any atom is 0.250 e. The molecule has 0 saturated carbocycles. The van der Waals surface area contributed by atoms with Gasteiger partial charge in [0.15, 0.2) is 0 Å². The Morgan fingerprint density at radius 1 is 0.969 bits per heavy atom. The Morgan fingerprint density at radius 2 is 1.81 bits per heavy atom. The Morgan fingerprint density at radius 3 is 2.69 bits per heavy atom. The highest BCUT2D eigenvalue weighted by Crippen LogP contribution is 2.31. The third-order valence-corrected chi connectivity index (χ3v) is 7.30. The number of aromatic nitrogens is 1. The monoisotopic (exact) mass is 447 g/mol. The molecule has 2 aromatic carbocycles. The SMILES string of the molecule is Cn1c(=O)ccc2ccc(OCCCCN3CCN(c4cccc5sccc45)CC3)cc21. The van der Waals surface area contributed by atoms with Crippen molar-refractivity contribution in [1.29, 1.82) is 0 Å². The number of pyridine rings is 1. The summed E-state index contributed by atoms with van der Waals surface area (Å²) in [5.74, 6) is 0.829. The van der Waals surface area contributed by atoms with E-state index in [-0.39, 0.29) is 5.56 Å². The Labute approximate surface area is 192 Å². The van der Waals surface area contributed by atoms with Crippen LogP contribution in [0.4, 0.5) is 5.69 Å². The number of hydrogen-bond donors (Lipinski definition) is 0. The van der Waals surface area contributed by atoms with Crippen molar-refractivity contribution < 1.29 is 4.74 Å². The predicted octanol–water partition coefficient (Wildman–Crippen LogP) is 4.73. The summed E-state index contributed by atoms with van der Waals surface area (Å²) in [5.41, 5.74) is 2.29. The van der Waals surface area contributed by atoms with Gasteiger partial charge in [0, 0.05) is 61.1 Å². The lowest BCUT2D eigenvalue weighted by Gasteiger charge is -2.36. The molecule has 5 rings (SSSR count). The smallest absolute Gasteiger partial charge is 0.250 e. The summed E-state index contributed by atoms with van der Waals surface area (Å²) in [6.07, 6.45) is 2.16. The van der Waals surface area contributed by atoms with Crippen LogP contribution in [0, 0.1) is 0 Å². The van der Waals surface area contributed by atoms with E-state index in [9.17, 15) is 4.79 Å². The highest BCUT2D eigenvalue weighted by atomic mass is 32.1. The van der Waals surface area contributed by atoms with Crippen LogP contribution in [-0.4, -0.2) is 48.8 Å². The summed E-state index contributed by atoms with van der Waals surface area (Å²) in [6.45, 7) is 6.21. The number of thiophene rings is 1. The van der Waals surface area contributed by atoms with Crippen LogP contribution in [0.25, 0.3) is 21.0 Å². The van der Waals surface area contributed by atoms with E-state index < -0.39 is 0 Å². The van der Waals surface area contributed by atoms with Gasteiger partial charge in [0.2, 0.25) is 0 Å². The minimum atomic E-state index is 0.00162. The number of rotatable bonds is 7. The van der Waals surface area contributed by atoms with Crippen LogP contribution in [0.3, 0.4) is 0 Å². The van der Waals surface area contributed by atoms with Crippen LogP contribution < -0.4 is 15.2 Å². The van der Waals surface area contributed by atoms with Crippen molar-refractivity contribution in [2.75, 3.05) is 44.2 Å². The summed E-state index contributed by atoms with van der Waals surface area (Å²) in [4.78, 5) is 16.9. The first kappa shape index (κ1) is 21.0. The zero-order valence-electron chi connectivity index (χ0n) is 18.5. The van der Waals surface area contributed by atoms with Crippen LogP contribution in [-0.2, 0) is 7.05 Å². The van der Waals surface area contributed by atoms with Crippen molar-refractivity contribution in [3.05, 3.63) is 70.3 Å². The number of piperazine rings is 1. The molecule has 166 valence electrons. The van der Waals surface area contributed by atoms with E-state index in [2.05, 4.69) is 39.4 Å². The summed E-state index contributed by atoms with van der Waals surface area (Å²) >= 11 is 1.82. The molecule has 0 aliphatic carbocycles. The van der Waals surface area contributed by atoms with Crippen molar-refractivity contribution in [2.24, 2.45) is 7.05 Å². The van der Waals surface area contributed by atoms with Gasteiger partial charge in [-0.2, -0.15) is 0 Å². The topological polar surface area (TPSA) is 37.7 Å². The largest absolute Gasteiger partial charge is 0.494 e. The molecule has 3 heterocycles. The third-order valence-electron chi connectivity index (χ3n) is 6.42. The molecule has 1 aliphatic heterocycles. The molecule has 0 unspecified atom stereocenters. The first-order valence-electron chi connectivity index (χ1n) is 11.4. The molecule has 1 saturated heterocycles. The van der Waals surface area contributed by atoms with Gasteiger partial charge in [-0.05, 0) is 66.6 Å². The molecule has 2 aromatic heterocycles. The second-order valence-corrected chi connectivity index (χ2v) is 9.39. The van der Waals surface area contributed by atoms with Crippen molar-refractivity contribution in [3.8, 4) is 5.75 Å². The fourth-order valence-electron chi connectivity index (χ4n) is 4.53. The fourth-order valence-corrected chi connectivity index (χ4v) is 5.34. The molecule has 5 nitrogen and oxygen atoms in total. The van der Waals surface area contributed by atoms with Gasteiger partial charge < -0.3 is 14.2 Å². The maximum atomic E-state index is 11.9. The number of aryl methyl sites for hydroxylation is 1. The number of benzene rings is 2. The first-order valence-corrected chi connectivity index (χ1v) is 12.2. The molecule has 0 bridgehead atoms. The van der Waals surface area contributed by atoms with Crippen LogP contribution in [0.2, 0.25) is 0 Å². The molecule has 6 heteroatoms. The number of nitrogens with zero attached hydrogens (tertiary/aromatic N) is 3. The van der Waals surface area contributed by atoms with E-state index >= 15 is 0 Å². The zero-order valence-corrected chi connectivity index (χ0v) is 19.3. The summed E-state index contributed by atoms with van der Waals surface area (Å²) in [7, 11) is 1.80. The lowest BCUT2D eigenvalue weighted by Crippen LogP contribution is -2.46. The molecule has 0 spiro atoms. The first-order chi connectivity index (χ1) is 15.7. The van der Waals surface area contributed by atoms with Crippen molar-refractivity contribution in [1.82, 2.24) is 9.47 Å². The Balaban J connectivity index is 1.07. The van der Waals surface area contributed by atoms with Crippen molar-refractivity contribution >= 4 is 38.0 Å². The van der Waals surface area contributed by atoms with E-state index in [1.807, 2.05) is 35.6 Å². The Bertz CT molecular complexity index is 1270. The quantitative estimate of drug-likeness (QED) is 0.384. The summed E-state index contributed by atoms with van der Waals surface area (Å²) in [6, 6.07) is 18.3. The number of unbranched alkanes of at least 4 members (excludes halogenated alkanes) is 1. The molecule has 1 aliphatic rings. The van der Waals surface area contributed by atoms with E-state index in [4.69, 9.17) is 4.74 Å². The van der Waals surface area contributed by atoms with Gasteiger partial charge in [-0.15, -0.1) is 11.3 Å². The van der Waals surface area contributed by atoms with E-state index in [1.54, 1.807) is 17.7 Å². The standard InChI is InChI=1S/C26H29N3O2S/c1-27-24-19-21(9-7-20(24)8-10-26(27)30)31-17-3-2-12-28-13-15-29(16-14-28)23-5-4-6-25-22(23)11-18-32-25/h4-11,18-19H,2-3,12-17H2,1H3. The van der Waals surface area contributed by atoms with Gasteiger partial charge in [0.25, 0.3) is 5.56 Å². The lowest BCUT2D eigenvalue weighted by atomic mass is 10.2. The number of fused-ring (bicyclic) bond motifs is 2. The number of hydrogen-bond acceptors (Lipinski definition) is 5. The van der Waals surface area contributed by atoms with Gasteiger partial charge in [-0.25, -0.2) is 0 Å². The molecule has 0 radical (unpaired) electrons. The van der Waals surface area contributed by atoms with E-state index in [1.165, 1.54) is 15.8 Å². The van der Waals surface area contributed by atoms with Gasteiger partial charge in [-0.3, -0.25) is 9.69 Å². The maximum absolute atomic E-state index is 11.9. The van der Waals surface area contributed by atoms with Crippen molar-refractivity contribution in [3.63, 3.8) is 0 Å². The lowest BCUT2D eigenvalue weighted by molar-refractivity contribution is 0.239. The summed E-state index contributed by atoms with van der Waals surface area (Å²) in [5, 5.41) is 4.62. The molecule has 0 amide bonds. The van der Waals surface area contributed by atoms with Crippen molar-refractivity contribution in [2.45, 2.75) is 12.8 Å². The molecule has 0 N–H and O–H groups in total. The van der Waals surface area contributed by atoms with E-state index in [0.717, 1.165) is 62.2 Å². The number of anilines is 1. The van der Waals surface area contributed by atoms with E-state index in [0.29, 0.717) is 6.61 Å². The van der Waals surface area contributed by atoms with Crippen LogP contribution in [0.1, 0.15) is 12.8 Å². The van der Waals surface area contributed by atoms with Crippen LogP contribution >= 0.6 is 11.3 Å². The van der Waals surface area contributed by atoms with Gasteiger partial charge in [0.1, 0.15) is 5.75 Å². The summed E-state index contributed by atoms with van der Waals surface area (Å²) < 4.78 is 9.01. The molecular weight excluding hydrogens is 418 g/mol. The van der Waals surface area contributed by atoms with Gasteiger partial charge in [-0.1, -0.05) is 6.07 Å². The normalized spacial score (nSPS) is 15.0.